The number of hydrogen-bond donors (Lipinski definition) is 1. The molecule has 0 saturated carbocycles. The van der Waals surface area contributed by atoms with Gasteiger partial charge >= 0.3 is 0 Å². The zero-order valence-electron chi connectivity index (χ0n) is 31.7. The van der Waals surface area contributed by atoms with Gasteiger partial charge in [0.05, 0.1) is 4.90 Å². The fourth-order valence-corrected chi connectivity index (χ4v) is 8.33. The van der Waals surface area contributed by atoms with Gasteiger partial charge in [0.15, 0.2) is 0 Å². The molecule has 0 radical (unpaired) electrons. The Morgan fingerprint density at radius 3 is 1.17 bits per heavy atom. The number of unbranched alkanes of at least 4 members (excludes halogenated alkanes) is 28. The van der Waals surface area contributed by atoms with Crippen molar-refractivity contribution in [3.63, 3.8) is 0 Å². The Balaban J connectivity index is 1.69. The minimum Gasteiger partial charge on any atom is -0.282 e. The van der Waals surface area contributed by atoms with Crippen LogP contribution in [0.1, 0.15) is 218 Å². The molecule has 0 unspecified atom stereocenters. The molecule has 1 N–H and O–H groups in total. The molecule has 2 rings (SSSR count). The third-order valence-corrected chi connectivity index (χ3v) is 11.5. The normalized spacial score (nSPS) is 12.0. The first-order valence-corrected chi connectivity index (χ1v) is 22.4. The van der Waals surface area contributed by atoms with E-state index in [1.165, 1.54) is 179 Å². The second-order valence-corrected chi connectivity index (χ2v) is 16.3. The molecule has 276 valence electrons. The summed E-state index contributed by atoms with van der Waals surface area (Å²) in [6, 6.07) is 9.87. The maximum Gasteiger partial charge on any atom is 0.294 e. The van der Waals surface area contributed by atoms with Crippen LogP contribution in [0.15, 0.2) is 35.2 Å². The molecule has 0 aliphatic carbocycles. The van der Waals surface area contributed by atoms with E-state index < -0.39 is 10.1 Å². The molecule has 0 atom stereocenters. The van der Waals surface area contributed by atoms with Crippen LogP contribution in [0.3, 0.4) is 0 Å². The van der Waals surface area contributed by atoms with E-state index in [2.05, 4.69) is 32.0 Å². The summed E-state index contributed by atoms with van der Waals surface area (Å²) < 4.78 is 35.0. The molecule has 48 heavy (non-hydrogen) atoms. The van der Waals surface area contributed by atoms with Crippen LogP contribution in [0.5, 0.6) is 0 Å². The Morgan fingerprint density at radius 1 is 0.438 bits per heavy atom. The maximum absolute atomic E-state index is 12.4. The summed E-state index contributed by atoms with van der Waals surface area (Å²) in [7, 11) is -4.26. The van der Waals surface area contributed by atoms with Crippen LogP contribution in [0, 0.1) is 0 Å². The van der Waals surface area contributed by atoms with Gasteiger partial charge in [-0.1, -0.05) is 218 Å². The highest BCUT2D eigenvalue weighted by molar-refractivity contribution is 7.85. The third-order valence-electron chi connectivity index (χ3n) is 10.6. The second kappa shape index (κ2) is 28.3. The van der Waals surface area contributed by atoms with Crippen LogP contribution in [0.4, 0.5) is 0 Å². The highest BCUT2D eigenvalue weighted by atomic mass is 32.2. The molecular formula is C44H76O3S. The largest absolute Gasteiger partial charge is 0.294 e. The predicted octanol–water partition coefficient (Wildman–Crippen LogP) is 14.9. The van der Waals surface area contributed by atoms with Crippen molar-refractivity contribution in [2.24, 2.45) is 0 Å². The van der Waals surface area contributed by atoms with E-state index >= 15 is 0 Å². The summed E-state index contributed by atoms with van der Waals surface area (Å²) in [6.45, 7) is 4.56. The second-order valence-electron chi connectivity index (χ2n) is 14.9. The van der Waals surface area contributed by atoms with Crippen molar-refractivity contribution in [3.05, 3.63) is 41.5 Å². The van der Waals surface area contributed by atoms with Gasteiger partial charge in [-0.05, 0) is 53.6 Å². The summed E-state index contributed by atoms with van der Waals surface area (Å²) in [4.78, 5) is 0.115. The minimum absolute atomic E-state index is 0.115. The molecule has 2 aromatic rings. The van der Waals surface area contributed by atoms with Crippen molar-refractivity contribution in [1.82, 2.24) is 0 Å². The van der Waals surface area contributed by atoms with Gasteiger partial charge in [-0.25, -0.2) is 0 Å². The lowest BCUT2D eigenvalue weighted by atomic mass is 9.92. The van der Waals surface area contributed by atoms with Crippen molar-refractivity contribution in [2.45, 2.75) is 224 Å². The molecule has 0 heterocycles. The van der Waals surface area contributed by atoms with Crippen LogP contribution in [-0.4, -0.2) is 13.0 Å². The average Bonchev–Trinajstić information content (AvgIpc) is 3.07. The van der Waals surface area contributed by atoms with Gasteiger partial charge in [-0.3, -0.25) is 4.55 Å². The van der Waals surface area contributed by atoms with Gasteiger partial charge in [0.2, 0.25) is 0 Å². The van der Waals surface area contributed by atoms with Crippen molar-refractivity contribution in [3.8, 4) is 0 Å². The smallest absolute Gasteiger partial charge is 0.282 e. The Hall–Kier alpha value is -1.39. The molecule has 0 aliphatic rings. The molecular weight excluding hydrogens is 609 g/mol. The standard InChI is InChI=1S/C44H76O3S/c1-3-5-7-9-11-13-15-17-19-21-23-25-27-29-31-34-40-35-33-36-41-38-39-43(48(45,46)47)42(44(40)41)37-32-30-28-26-24-22-20-18-16-14-12-10-8-6-4-2/h33,35-36,38-39H,3-32,34,37H2,1-2H3,(H,45,46,47). The van der Waals surface area contributed by atoms with Crippen molar-refractivity contribution < 1.29 is 13.0 Å². The van der Waals surface area contributed by atoms with E-state index in [0.717, 1.165) is 42.0 Å². The van der Waals surface area contributed by atoms with E-state index in [1.54, 1.807) is 6.07 Å². The van der Waals surface area contributed by atoms with Gasteiger partial charge in [-0.15, -0.1) is 0 Å². The van der Waals surface area contributed by atoms with Gasteiger partial charge in [0.25, 0.3) is 10.1 Å². The first-order valence-electron chi connectivity index (χ1n) is 21.0. The highest BCUT2D eigenvalue weighted by Gasteiger charge is 2.19. The van der Waals surface area contributed by atoms with Gasteiger partial charge in [0.1, 0.15) is 0 Å². The molecule has 2 aromatic carbocycles. The Kier molecular flexibility index (Phi) is 25.2. The molecule has 0 aromatic heterocycles. The first-order chi connectivity index (χ1) is 23.5. The monoisotopic (exact) mass is 685 g/mol. The molecule has 0 bridgehead atoms. The number of benzene rings is 2. The number of aryl methyl sites for hydroxylation is 2. The molecule has 0 fully saturated rings. The quantitative estimate of drug-likeness (QED) is 0.0601. The molecule has 0 aliphatic heterocycles. The summed E-state index contributed by atoms with van der Waals surface area (Å²) in [6.07, 6.45) is 41.7. The minimum atomic E-state index is -4.26. The predicted molar refractivity (Wildman–Crippen MR) is 211 cm³/mol. The number of rotatable bonds is 33. The fourth-order valence-electron chi connectivity index (χ4n) is 7.57. The SMILES string of the molecule is CCCCCCCCCCCCCCCCCc1cccc2ccc(S(=O)(=O)O)c(CCCCCCCCCCCCCCCCC)c12. The van der Waals surface area contributed by atoms with Crippen molar-refractivity contribution in [1.29, 1.82) is 0 Å². The van der Waals surface area contributed by atoms with Gasteiger partial charge < -0.3 is 0 Å². The van der Waals surface area contributed by atoms with E-state index in [-0.39, 0.29) is 4.90 Å². The molecule has 3 nitrogen and oxygen atoms in total. The van der Waals surface area contributed by atoms with E-state index in [1.807, 2.05) is 6.07 Å². The van der Waals surface area contributed by atoms with Crippen LogP contribution < -0.4 is 0 Å². The van der Waals surface area contributed by atoms with Gasteiger partial charge in [-0.2, -0.15) is 8.42 Å². The van der Waals surface area contributed by atoms with Gasteiger partial charge in [0, 0.05) is 0 Å². The van der Waals surface area contributed by atoms with Crippen molar-refractivity contribution in [2.75, 3.05) is 0 Å². The van der Waals surface area contributed by atoms with E-state index in [0.29, 0.717) is 6.42 Å². The zero-order chi connectivity index (χ0) is 34.5. The van der Waals surface area contributed by atoms with Crippen LogP contribution in [-0.2, 0) is 23.0 Å². The maximum atomic E-state index is 12.4. The van der Waals surface area contributed by atoms with E-state index in [9.17, 15) is 13.0 Å². The number of fused-ring (bicyclic) bond motifs is 1. The lowest BCUT2D eigenvalue weighted by Gasteiger charge is -2.15. The molecule has 0 saturated heterocycles. The Bertz CT molecular complexity index is 1160. The summed E-state index contributed by atoms with van der Waals surface area (Å²) >= 11 is 0. The fraction of sp³-hybridized carbons (Fsp3) is 0.773. The summed E-state index contributed by atoms with van der Waals surface area (Å²) in [5.74, 6) is 0. The van der Waals surface area contributed by atoms with Crippen molar-refractivity contribution >= 4 is 20.9 Å². The zero-order valence-corrected chi connectivity index (χ0v) is 32.5. The summed E-state index contributed by atoms with van der Waals surface area (Å²) in [5, 5.41) is 2.17. The van der Waals surface area contributed by atoms with Crippen LogP contribution >= 0.6 is 0 Å². The molecule has 0 amide bonds. The lowest BCUT2D eigenvalue weighted by molar-refractivity contribution is 0.481. The number of hydrogen-bond acceptors (Lipinski definition) is 2. The summed E-state index contributed by atoms with van der Waals surface area (Å²) in [5.41, 5.74) is 2.07. The third kappa shape index (κ3) is 19.7. The van der Waals surface area contributed by atoms with Crippen LogP contribution in [0.2, 0.25) is 0 Å². The Morgan fingerprint density at radius 2 is 0.792 bits per heavy atom. The first kappa shape index (κ1) is 42.8. The topological polar surface area (TPSA) is 54.4 Å². The van der Waals surface area contributed by atoms with Crippen LogP contribution in [0.25, 0.3) is 10.8 Å². The Labute approximate surface area is 298 Å². The lowest BCUT2D eigenvalue weighted by Crippen LogP contribution is -2.05. The molecule has 4 heteroatoms. The average molecular weight is 685 g/mol. The highest BCUT2D eigenvalue weighted by Crippen LogP contribution is 2.31. The van der Waals surface area contributed by atoms with E-state index in [4.69, 9.17) is 0 Å². The molecule has 0 spiro atoms.